The minimum Gasteiger partial charge on any atom is -0.343 e. The molecule has 0 aliphatic rings. The van der Waals surface area contributed by atoms with Crippen molar-refractivity contribution in [1.29, 1.82) is 0 Å². The van der Waals surface area contributed by atoms with Gasteiger partial charge in [-0.1, -0.05) is 6.92 Å². The summed E-state index contributed by atoms with van der Waals surface area (Å²) in [5, 5.41) is 2.56. The van der Waals surface area contributed by atoms with Crippen LogP contribution < -0.4 is 5.32 Å². The average Bonchev–Trinajstić information content (AvgIpc) is 2.25. The van der Waals surface area contributed by atoms with Crippen molar-refractivity contribution in [2.24, 2.45) is 0 Å². The lowest BCUT2D eigenvalue weighted by atomic mass is 10.1. The molecule has 0 unspecified atom stereocenters. The molecule has 1 amide bonds. The molecule has 0 spiro atoms. The smallest absolute Gasteiger partial charge is 0.341 e. The standard InChI is InChI=1S/C12H15NO5S/c1-4-10-7-11(13-8(2)14)5-6-12(10)19(16,17)18-9(3)15/h5-7H,4H2,1-3H3,(H,13,14). The van der Waals surface area contributed by atoms with E-state index in [0.29, 0.717) is 17.7 Å². The molecule has 0 saturated heterocycles. The molecule has 0 radical (unpaired) electrons. The fourth-order valence-corrected chi connectivity index (χ4v) is 2.74. The van der Waals surface area contributed by atoms with E-state index >= 15 is 0 Å². The van der Waals surface area contributed by atoms with Gasteiger partial charge in [0.05, 0.1) is 0 Å². The van der Waals surface area contributed by atoms with Crippen LogP contribution in [0.15, 0.2) is 23.1 Å². The van der Waals surface area contributed by atoms with Crippen LogP contribution in [0.5, 0.6) is 0 Å². The first-order chi connectivity index (χ1) is 8.76. The predicted molar refractivity (Wildman–Crippen MR) is 69.1 cm³/mol. The topological polar surface area (TPSA) is 89.5 Å². The molecule has 0 aromatic heterocycles. The van der Waals surface area contributed by atoms with Gasteiger partial charge in [0.1, 0.15) is 4.90 Å². The van der Waals surface area contributed by atoms with Crippen molar-refractivity contribution in [3.63, 3.8) is 0 Å². The van der Waals surface area contributed by atoms with Gasteiger partial charge in [0.25, 0.3) is 0 Å². The maximum Gasteiger partial charge on any atom is 0.341 e. The van der Waals surface area contributed by atoms with Gasteiger partial charge in [-0.05, 0) is 30.2 Å². The second-order valence-corrected chi connectivity index (χ2v) is 5.40. The Balaban J connectivity index is 3.22. The molecule has 0 heterocycles. The minimum atomic E-state index is -4.11. The van der Waals surface area contributed by atoms with E-state index in [0.717, 1.165) is 6.92 Å². The molecule has 7 heteroatoms. The highest BCUT2D eigenvalue weighted by Crippen LogP contribution is 2.23. The van der Waals surface area contributed by atoms with E-state index in [4.69, 9.17) is 0 Å². The molecule has 0 saturated carbocycles. The van der Waals surface area contributed by atoms with Crippen LogP contribution in [-0.2, 0) is 30.3 Å². The second kappa shape index (κ2) is 5.83. The lowest BCUT2D eigenvalue weighted by Gasteiger charge is -2.10. The van der Waals surface area contributed by atoms with E-state index in [-0.39, 0.29) is 10.8 Å². The van der Waals surface area contributed by atoms with Gasteiger partial charge >= 0.3 is 16.1 Å². The number of rotatable bonds is 4. The molecule has 0 bridgehead atoms. The lowest BCUT2D eigenvalue weighted by molar-refractivity contribution is -0.131. The Morgan fingerprint density at radius 2 is 1.89 bits per heavy atom. The van der Waals surface area contributed by atoms with Crippen LogP contribution in [0.1, 0.15) is 26.3 Å². The Morgan fingerprint density at radius 1 is 1.26 bits per heavy atom. The van der Waals surface area contributed by atoms with Crippen molar-refractivity contribution < 1.29 is 22.2 Å². The molecule has 0 aliphatic carbocycles. The Morgan fingerprint density at radius 3 is 2.37 bits per heavy atom. The SMILES string of the molecule is CCc1cc(NC(C)=O)ccc1S(=O)(=O)OC(C)=O. The zero-order chi connectivity index (χ0) is 14.6. The molecular weight excluding hydrogens is 270 g/mol. The van der Waals surface area contributed by atoms with E-state index in [1.54, 1.807) is 6.92 Å². The molecule has 1 N–H and O–H groups in total. The average molecular weight is 285 g/mol. The van der Waals surface area contributed by atoms with Gasteiger partial charge in [0, 0.05) is 19.5 Å². The van der Waals surface area contributed by atoms with Gasteiger partial charge in [-0.15, -0.1) is 0 Å². The number of carbonyl (C=O) groups excluding carboxylic acids is 2. The summed E-state index contributed by atoms with van der Waals surface area (Å²) >= 11 is 0. The Kier molecular flexibility index (Phi) is 4.66. The van der Waals surface area contributed by atoms with Crippen LogP contribution in [0.2, 0.25) is 0 Å². The molecule has 0 atom stereocenters. The summed E-state index contributed by atoms with van der Waals surface area (Å²) in [5.41, 5.74) is 0.957. The summed E-state index contributed by atoms with van der Waals surface area (Å²) in [7, 11) is -4.11. The largest absolute Gasteiger partial charge is 0.343 e. The van der Waals surface area contributed by atoms with Crippen LogP contribution in [0.4, 0.5) is 5.69 Å². The van der Waals surface area contributed by atoms with Gasteiger partial charge in [-0.2, -0.15) is 8.42 Å². The predicted octanol–water partition coefficient (Wildman–Crippen LogP) is 1.46. The lowest BCUT2D eigenvalue weighted by Crippen LogP contribution is -2.13. The highest BCUT2D eigenvalue weighted by atomic mass is 32.2. The van der Waals surface area contributed by atoms with Gasteiger partial charge in [0.15, 0.2) is 0 Å². The number of aryl methyl sites for hydroxylation is 1. The molecule has 1 aromatic carbocycles. The normalized spacial score (nSPS) is 10.9. The second-order valence-electron chi connectivity index (χ2n) is 3.89. The zero-order valence-corrected chi connectivity index (χ0v) is 11.7. The third-order valence-corrected chi connectivity index (χ3v) is 3.65. The molecule has 0 fully saturated rings. The van der Waals surface area contributed by atoms with Crippen LogP contribution in [-0.4, -0.2) is 20.3 Å². The van der Waals surface area contributed by atoms with Gasteiger partial charge in [0.2, 0.25) is 5.91 Å². The molecular formula is C12H15NO5S. The number of nitrogens with one attached hydrogen (secondary N) is 1. The third-order valence-electron chi connectivity index (χ3n) is 2.26. The van der Waals surface area contributed by atoms with Crippen molar-refractivity contribution in [3.05, 3.63) is 23.8 Å². The van der Waals surface area contributed by atoms with Crippen LogP contribution in [0.3, 0.4) is 0 Å². The van der Waals surface area contributed by atoms with E-state index in [9.17, 15) is 18.0 Å². The molecule has 1 rings (SSSR count). The maximum atomic E-state index is 11.8. The molecule has 6 nitrogen and oxygen atoms in total. The Labute approximate surface area is 111 Å². The van der Waals surface area contributed by atoms with E-state index in [1.165, 1.54) is 25.1 Å². The molecule has 0 aliphatic heterocycles. The summed E-state index contributed by atoms with van der Waals surface area (Å²) in [6.45, 7) is 4.14. The van der Waals surface area contributed by atoms with Crippen LogP contribution in [0, 0.1) is 0 Å². The summed E-state index contributed by atoms with van der Waals surface area (Å²) < 4.78 is 28.0. The van der Waals surface area contributed by atoms with Crippen LogP contribution in [0.25, 0.3) is 0 Å². The summed E-state index contributed by atoms with van der Waals surface area (Å²) in [6.07, 6.45) is 0.420. The molecule has 19 heavy (non-hydrogen) atoms. The summed E-state index contributed by atoms with van der Waals surface area (Å²) in [5.74, 6) is -1.15. The van der Waals surface area contributed by atoms with Crippen molar-refractivity contribution in [2.75, 3.05) is 5.32 Å². The van der Waals surface area contributed by atoms with Gasteiger partial charge in [-0.3, -0.25) is 9.59 Å². The molecule has 104 valence electrons. The summed E-state index contributed by atoms with van der Waals surface area (Å²) in [6, 6.07) is 4.29. The van der Waals surface area contributed by atoms with E-state index < -0.39 is 16.1 Å². The first-order valence-electron chi connectivity index (χ1n) is 5.62. The number of hydrogen-bond acceptors (Lipinski definition) is 5. The van der Waals surface area contributed by atoms with Gasteiger partial charge < -0.3 is 9.50 Å². The Bertz CT molecular complexity index is 607. The van der Waals surface area contributed by atoms with Gasteiger partial charge in [-0.25, -0.2) is 0 Å². The fraction of sp³-hybridized carbons (Fsp3) is 0.333. The fourth-order valence-electron chi connectivity index (χ4n) is 1.58. The third kappa shape index (κ3) is 4.06. The zero-order valence-electron chi connectivity index (χ0n) is 10.9. The number of anilines is 1. The van der Waals surface area contributed by atoms with E-state index in [2.05, 4.69) is 9.50 Å². The Hall–Kier alpha value is -1.89. The summed E-state index contributed by atoms with van der Waals surface area (Å²) in [4.78, 5) is 21.7. The van der Waals surface area contributed by atoms with Crippen molar-refractivity contribution in [1.82, 2.24) is 0 Å². The van der Waals surface area contributed by atoms with Crippen molar-refractivity contribution >= 4 is 27.7 Å². The number of benzene rings is 1. The van der Waals surface area contributed by atoms with Crippen molar-refractivity contribution in [3.8, 4) is 0 Å². The first-order valence-corrected chi connectivity index (χ1v) is 7.02. The molecule has 1 aromatic rings. The number of amides is 1. The maximum absolute atomic E-state index is 11.8. The highest BCUT2D eigenvalue weighted by molar-refractivity contribution is 7.87. The minimum absolute atomic E-state index is 0.0701. The number of carbonyl (C=O) groups is 2. The quantitative estimate of drug-likeness (QED) is 0.846. The first kappa shape index (κ1) is 15.2. The number of hydrogen-bond donors (Lipinski definition) is 1. The van der Waals surface area contributed by atoms with E-state index in [1.807, 2.05) is 0 Å². The highest BCUT2D eigenvalue weighted by Gasteiger charge is 2.21. The van der Waals surface area contributed by atoms with Crippen molar-refractivity contribution in [2.45, 2.75) is 32.1 Å². The monoisotopic (exact) mass is 285 g/mol. The van der Waals surface area contributed by atoms with Crippen LogP contribution >= 0.6 is 0 Å².